The van der Waals surface area contributed by atoms with Gasteiger partial charge in [-0.2, -0.15) is 0 Å². The van der Waals surface area contributed by atoms with Crippen LogP contribution >= 0.6 is 0 Å². The predicted molar refractivity (Wildman–Crippen MR) is 85.9 cm³/mol. The maximum Gasteiger partial charge on any atom is 0.328 e. The Morgan fingerprint density at radius 1 is 1.22 bits per heavy atom. The normalized spacial score (nSPS) is 11.5. The number of carbonyl (C=O) groups is 2. The topological polar surface area (TPSA) is 154 Å². The van der Waals surface area contributed by atoms with Gasteiger partial charge in [-0.15, -0.1) is 0 Å². The molecule has 1 aromatic rings. The summed E-state index contributed by atoms with van der Waals surface area (Å²) in [5.41, 5.74) is 17.0. The van der Waals surface area contributed by atoms with Crippen LogP contribution in [-0.4, -0.2) is 35.6 Å². The van der Waals surface area contributed by atoms with Crippen LogP contribution in [0.4, 0.5) is 0 Å². The number of carbonyl (C=O) groups excluding carboxylic acids is 1. The Bertz CT molecular complexity index is 553. The third-order valence-electron chi connectivity index (χ3n) is 3.04. The van der Waals surface area contributed by atoms with Crippen LogP contribution in [-0.2, 0) is 16.0 Å². The standard InChI is InChI=1S/C15H22N4O4/c16-12(2-1-9-19-15(17)18)14(22)23-11-6-3-10(4-7-11)5-8-13(20)21/h3-4,6-7,12H,1-2,5,8-9,16H2,(H,20,21)(H4,17,18,19)/t12-/m1/s1. The molecule has 8 nitrogen and oxygen atoms in total. The van der Waals surface area contributed by atoms with Gasteiger partial charge in [0.15, 0.2) is 5.96 Å². The minimum atomic E-state index is -0.854. The lowest BCUT2D eigenvalue weighted by atomic mass is 10.1. The average Bonchev–Trinajstić information content (AvgIpc) is 2.50. The molecule has 8 heteroatoms. The smallest absolute Gasteiger partial charge is 0.328 e. The quantitative estimate of drug-likeness (QED) is 0.164. The van der Waals surface area contributed by atoms with E-state index in [1.807, 2.05) is 0 Å². The first kappa shape index (κ1) is 18.4. The molecule has 7 N–H and O–H groups in total. The van der Waals surface area contributed by atoms with Gasteiger partial charge >= 0.3 is 11.9 Å². The van der Waals surface area contributed by atoms with Crippen molar-refractivity contribution in [2.75, 3.05) is 6.54 Å². The summed E-state index contributed by atoms with van der Waals surface area (Å²) in [5.74, 6) is -1.02. The number of ether oxygens (including phenoxy) is 1. The van der Waals surface area contributed by atoms with E-state index in [2.05, 4.69) is 4.99 Å². The molecule has 0 spiro atoms. The number of aryl methyl sites for hydroxylation is 1. The van der Waals surface area contributed by atoms with Crippen LogP contribution in [0.3, 0.4) is 0 Å². The fourth-order valence-corrected chi connectivity index (χ4v) is 1.80. The molecule has 0 saturated carbocycles. The van der Waals surface area contributed by atoms with Gasteiger partial charge in [-0.25, -0.2) is 4.79 Å². The Balaban J connectivity index is 2.40. The zero-order valence-electron chi connectivity index (χ0n) is 12.8. The molecule has 0 aliphatic heterocycles. The highest BCUT2D eigenvalue weighted by molar-refractivity contribution is 5.78. The summed E-state index contributed by atoms with van der Waals surface area (Å²) in [6.07, 6.45) is 1.46. The summed E-state index contributed by atoms with van der Waals surface area (Å²) in [6.45, 7) is 0.404. The summed E-state index contributed by atoms with van der Waals surface area (Å²) in [6, 6.07) is 5.91. The maximum atomic E-state index is 11.8. The first-order valence-corrected chi connectivity index (χ1v) is 7.22. The number of rotatable bonds is 9. The number of carboxylic acids is 1. The molecule has 0 unspecified atom stereocenters. The molecule has 1 atom stereocenters. The number of nitrogens with two attached hydrogens (primary N) is 3. The second-order valence-electron chi connectivity index (χ2n) is 5.01. The predicted octanol–water partition coefficient (Wildman–Crippen LogP) is -0.00990. The van der Waals surface area contributed by atoms with E-state index in [1.54, 1.807) is 24.3 Å². The van der Waals surface area contributed by atoms with E-state index >= 15 is 0 Å². The third kappa shape index (κ3) is 7.82. The minimum Gasteiger partial charge on any atom is -0.481 e. The Kier molecular flexibility index (Phi) is 7.55. The molecule has 0 aliphatic carbocycles. The van der Waals surface area contributed by atoms with E-state index in [9.17, 15) is 9.59 Å². The molecule has 0 amide bonds. The monoisotopic (exact) mass is 322 g/mol. The number of nitrogens with zero attached hydrogens (tertiary/aromatic N) is 1. The molecule has 0 aliphatic rings. The van der Waals surface area contributed by atoms with Gasteiger partial charge in [0.25, 0.3) is 0 Å². The first-order chi connectivity index (χ1) is 10.9. The largest absolute Gasteiger partial charge is 0.481 e. The lowest BCUT2D eigenvalue weighted by Gasteiger charge is -2.11. The summed E-state index contributed by atoms with van der Waals surface area (Å²) in [4.78, 5) is 26.1. The molecule has 126 valence electrons. The molecule has 0 aromatic heterocycles. The van der Waals surface area contributed by atoms with E-state index < -0.39 is 18.0 Å². The fourth-order valence-electron chi connectivity index (χ4n) is 1.80. The SMILES string of the molecule is NC(N)=NCCC[C@@H](N)C(=O)Oc1ccc(CCC(=O)O)cc1. The summed E-state index contributed by atoms with van der Waals surface area (Å²) >= 11 is 0. The molecular weight excluding hydrogens is 300 g/mol. The van der Waals surface area contributed by atoms with Gasteiger partial charge in [0.2, 0.25) is 0 Å². The lowest BCUT2D eigenvalue weighted by molar-refractivity contribution is -0.137. The molecule has 0 fully saturated rings. The number of aliphatic carboxylic acids is 1. The average molecular weight is 322 g/mol. The molecule has 1 rings (SSSR count). The summed E-state index contributed by atoms with van der Waals surface area (Å²) in [5, 5.41) is 8.62. The molecule has 0 heterocycles. The highest BCUT2D eigenvalue weighted by Gasteiger charge is 2.15. The van der Waals surface area contributed by atoms with Crippen LogP contribution in [0.5, 0.6) is 5.75 Å². The van der Waals surface area contributed by atoms with Crippen molar-refractivity contribution in [1.82, 2.24) is 0 Å². The molecule has 0 radical (unpaired) electrons. The Hall–Kier alpha value is -2.61. The van der Waals surface area contributed by atoms with Crippen molar-refractivity contribution in [1.29, 1.82) is 0 Å². The molecular formula is C15H22N4O4. The van der Waals surface area contributed by atoms with Gasteiger partial charge in [0.1, 0.15) is 11.8 Å². The first-order valence-electron chi connectivity index (χ1n) is 7.22. The van der Waals surface area contributed by atoms with Crippen LogP contribution in [0, 0.1) is 0 Å². The van der Waals surface area contributed by atoms with E-state index in [-0.39, 0.29) is 12.4 Å². The summed E-state index contributed by atoms with van der Waals surface area (Å²) < 4.78 is 5.17. The molecule has 1 aromatic carbocycles. The number of guanidine groups is 1. The highest BCUT2D eigenvalue weighted by Crippen LogP contribution is 2.14. The van der Waals surface area contributed by atoms with Crippen molar-refractivity contribution in [2.45, 2.75) is 31.7 Å². The highest BCUT2D eigenvalue weighted by atomic mass is 16.5. The van der Waals surface area contributed by atoms with Crippen molar-refractivity contribution in [2.24, 2.45) is 22.2 Å². The van der Waals surface area contributed by atoms with E-state index in [4.69, 9.17) is 27.0 Å². The van der Waals surface area contributed by atoms with E-state index in [0.717, 1.165) is 5.56 Å². The second kappa shape index (κ2) is 9.42. The second-order valence-corrected chi connectivity index (χ2v) is 5.01. The maximum absolute atomic E-state index is 11.8. The van der Waals surface area contributed by atoms with Gasteiger partial charge in [-0.05, 0) is 37.0 Å². The van der Waals surface area contributed by atoms with Gasteiger partial charge in [-0.3, -0.25) is 9.79 Å². The van der Waals surface area contributed by atoms with E-state index in [0.29, 0.717) is 31.6 Å². The lowest BCUT2D eigenvalue weighted by Crippen LogP contribution is -2.34. The van der Waals surface area contributed by atoms with Crippen LogP contribution < -0.4 is 21.9 Å². The Morgan fingerprint density at radius 3 is 2.43 bits per heavy atom. The van der Waals surface area contributed by atoms with Crippen molar-refractivity contribution in [3.05, 3.63) is 29.8 Å². The summed E-state index contributed by atoms with van der Waals surface area (Å²) in [7, 11) is 0. The number of aliphatic imine (C=N–C) groups is 1. The number of hydrogen-bond donors (Lipinski definition) is 4. The molecule has 0 bridgehead atoms. The Labute approximate surface area is 134 Å². The van der Waals surface area contributed by atoms with Crippen molar-refractivity contribution >= 4 is 17.9 Å². The van der Waals surface area contributed by atoms with Crippen molar-refractivity contribution < 1.29 is 19.4 Å². The van der Waals surface area contributed by atoms with Crippen LogP contribution in [0.15, 0.2) is 29.3 Å². The number of esters is 1. The zero-order chi connectivity index (χ0) is 17.2. The number of carboxylic acid groups (broad SMARTS) is 1. The van der Waals surface area contributed by atoms with Crippen molar-refractivity contribution in [3.63, 3.8) is 0 Å². The van der Waals surface area contributed by atoms with Crippen LogP contribution in [0.1, 0.15) is 24.8 Å². The van der Waals surface area contributed by atoms with Gasteiger partial charge in [-0.1, -0.05) is 12.1 Å². The molecule has 23 heavy (non-hydrogen) atoms. The van der Waals surface area contributed by atoms with Crippen LogP contribution in [0.25, 0.3) is 0 Å². The fraction of sp³-hybridized carbons (Fsp3) is 0.400. The minimum absolute atomic E-state index is 0.00383. The molecule has 0 saturated heterocycles. The zero-order valence-corrected chi connectivity index (χ0v) is 12.8. The van der Waals surface area contributed by atoms with Crippen molar-refractivity contribution in [3.8, 4) is 5.75 Å². The van der Waals surface area contributed by atoms with Crippen LogP contribution in [0.2, 0.25) is 0 Å². The van der Waals surface area contributed by atoms with Gasteiger partial charge in [0.05, 0.1) is 0 Å². The van der Waals surface area contributed by atoms with E-state index in [1.165, 1.54) is 0 Å². The Morgan fingerprint density at radius 2 is 1.87 bits per heavy atom. The number of benzene rings is 1. The number of hydrogen-bond acceptors (Lipinski definition) is 5. The third-order valence-corrected chi connectivity index (χ3v) is 3.04. The van der Waals surface area contributed by atoms with Gasteiger partial charge < -0.3 is 27.0 Å². The van der Waals surface area contributed by atoms with Gasteiger partial charge in [0, 0.05) is 13.0 Å².